The summed E-state index contributed by atoms with van der Waals surface area (Å²) in [4.78, 5) is 16.7. The Morgan fingerprint density at radius 2 is 1.79 bits per heavy atom. The molecule has 7 nitrogen and oxygen atoms in total. The zero-order valence-corrected chi connectivity index (χ0v) is 18.1. The minimum Gasteiger partial charge on any atom is -0.385 e. The van der Waals surface area contributed by atoms with E-state index >= 15 is 0 Å². The summed E-state index contributed by atoms with van der Waals surface area (Å²) in [6.07, 6.45) is 7.54. The Morgan fingerprint density at radius 1 is 1.17 bits per heavy atom. The molecule has 0 saturated heterocycles. The van der Waals surface area contributed by atoms with Crippen LogP contribution in [0.1, 0.15) is 59.4 Å². The maximum absolute atomic E-state index is 12.5. The predicted molar refractivity (Wildman–Crippen MR) is 109 cm³/mol. The number of aryl methyl sites for hydroxylation is 2. The Labute approximate surface area is 174 Å². The maximum Gasteiger partial charge on any atom is 0.327 e. The topological polar surface area (TPSA) is 109 Å². The van der Waals surface area contributed by atoms with Crippen LogP contribution in [0.25, 0.3) is 0 Å². The molecule has 0 unspecified atom stereocenters. The number of amides is 1. The number of fused-ring (bicyclic) bond motifs is 2. The van der Waals surface area contributed by atoms with Gasteiger partial charge in [-0.1, -0.05) is 11.2 Å². The van der Waals surface area contributed by atoms with E-state index in [0.717, 1.165) is 55.4 Å². The van der Waals surface area contributed by atoms with E-state index in [1.54, 1.807) is 13.8 Å². The molecule has 9 heteroatoms. The lowest BCUT2D eigenvalue weighted by molar-refractivity contribution is -0.117. The van der Waals surface area contributed by atoms with Gasteiger partial charge in [0.25, 0.3) is 5.91 Å². The molecule has 0 aliphatic heterocycles. The van der Waals surface area contributed by atoms with Crippen LogP contribution in [0, 0.1) is 0 Å². The molecule has 0 atom stereocenters. The molecule has 1 heterocycles. The third-order valence-electron chi connectivity index (χ3n) is 5.49. The molecule has 29 heavy (non-hydrogen) atoms. The second kappa shape index (κ2) is 7.37. The van der Waals surface area contributed by atoms with Crippen molar-refractivity contribution in [2.45, 2.75) is 68.7 Å². The van der Waals surface area contributed by atoms with Crippen LogP contribution in [0.15, 0.2) is 26.2 Å². The minimum absolute atomic E-state index is 0.0807. The number of nitrogens with zero attached hydrogens (tertiary/aromatic N) is 3. The van der Waals surface area contributed by atoms with Gasteiger partial charge in [-0.05, 0) is 84.7 Å². The first kappa shape index (κ1) is 20.3. The predicted octanol–water partition coefficient (Wildman–Crippen LogP) is 3.26. The van der Waals surface area contributed by atoms with E-state index in [-0.39, 0.29) is 10.8 Å². The highest BCUT2D eigenvalue weighted by molar-refractivity contribution is 7.91. The highest BCUT2D eigenvalue weighted by Gasteiger charge is 2.27. The molecule has 1 aromatic heterocycles. The van der Waals surface area contributed by atoms with Crippen molar-refractivity contribution in [1.29, 1.82) is 0 Å². The van der Waals surface area contributed by atoms with Gasteiger partial charge in [0.1, 0.15) is 0 Å². The summed E-state index contributed by atoms with van der Waals surface area (Å²) in [5.74, 6) is -0.567. The summed E-state index contributed by atoms with van der Waals surface area (Å²) in [5.41, 5.74) is 4.96. The number of aliphatic hydroxyl groups is 1. The zero-order valence-electron chi connectivity index (χ0n) is 16.4. The molecule has 2 aliphatic carbocycles. The molecule has 2 aliphatic rings. The van der Waals surface area contributed by atoms with Crippen LogP contribution in [0.4, 0.5) is 0 Å². The lowest BCUT2D eigenvalue weighted by Gasteiger charge is -2.13. The minimum atomic E-state index is -4.18. The van der Waals surface area contributed by atoms with Gasteiger partial charge in [0, 0.05) is 6.20 Å². The van der Waals surface area contributed by atoms with Crippen molar-refractivity contribution < 1.29 is 18.3 Å². The molecule has 0 bridgehead atoms. The number of carbonyl (C=O) groups is 1. The van der Waals surface area contributed by atoms with E-state index in [0.29, 0.717) is 4.88 Å². The molecule has 2 aromatic rings. The number of benzene rings is 1. The van der Waals surface area contributed by atoms with Gasteiger partial charge in [-0.3, -0.25) is 4.79 Å². The second-order valence-corrected chi connectivity index (χ2v) is 10.9. The van der Waals surface area contributed by atoms with Crippen molar-refractivity contribution >= 4 is 27.3 Å². The number of sulfonamides is 1. The Hall–Kier alpha value is -1.97. The lowest BCUT2D eigenvalue weighted by atomic mass is 9.92. The number of rotatable bonds is 5. The third kappa shape index (κ3) is 4.04. The first-order valence-electron chi connectivity index (χ1n) is 9.70. The van der Waals surface area contributed by atoms with Gasteiger partial charge < -0.3 is 5.11 Å². The average Bonchev–Trinajstić information content (AvgIpc) is 3.38. The second-order valence-electron chi connectivity index (χ2n) is 8.11. The number of hydrogen-bond donors (Lipinski definition) is 1. The highest BCUT2D eigenvalue weighted by atomic mass is 32.2. The Kier molecular flexibility index (Phi) is 5.16. The SMILES string of the molecule is CC(C)(O)c1cnc(S(=O)(=O)N=NC(=O)Cc2c3c(cc4c2CCC4)CCC3)s1. The normalized spacial score (nSPS) is 16.4. The summed E-state index contributed by atoms with van der Waals surface area (Å²) >= 11 is 0.821. The first-order valence-corrected chi connectivity index (χ1v) is 12.0. The van der Waals surface area contributed by atoms with E-state index in [1.165, 1.54) is 28.5 Å². The van der Waals surface area contributed by atoms with Gasteiger partial charge in [-0.15, -0.1) is 11.3 Å². The number of carbonyl (C=O) groups excluding carboxylic acids is 1. The molecule has 1 aromatic carbocycles. The van der Waals surface area contributed by atoms with Gasteiger partial charge in [-0.25, -0.2) is 4.98 Å². The van der Waals surface area contributed by atoms with Crippen molar-refractivity contribution in [2.24, 2.45) is 9.63 Å². The summed E-state index contributed by atoms with van der Waals surface area (Å²) in [6, 6.07) is 2.29. The van der Waals surface area contributed by atoms with Crippen LogP contribution in [0.2, 0.25) is 0 Å². The molecule has 1 N–H and O–H groups in total. The monoisotopic (exact) mass is 433 g/mol. The van der Waals surface area contributed by atoms with Crippen molar-refractivity contribution in [3.8, 4) is 0 Å². The fourth-order valence-corrected chi connectivity index (χ4v) is 6.02. The van der Waals surface area contributed by atoms with Crippen LogP contribution in [0.3, 0.4) is 0 Å². The van der Waals surface area contributed by atoms with E-state index in [4.69, 9.17) is 0 Å². The number of hydrogen-bond acceptors (Lipinski definition) is 6. The van der Waals surface area contributed by atoms with E-state index < -0.39 is 21.5 Å². The van der Waals surface area contributed by atoms with Crippen LogP contribution in [-0.2, 0) is 52.5 Å². The van der Waals surface area contributed by atoms with E-state index in [2.05, 4.69) is 20.7 Å². The van der Waals surface area contributed by atoms with Gasteiger partial charge >= 0.3 is 10.0 Å². The highest BCUT2D eigenvalue weighted by Crippen LogP contribution is 2.35. The molecule has 154 valence electrons. The van der Waals surface area contributed by atoms with Gasteiger partial charge in [0.2, 0.25) is 4.34 Å². The molecule has 1 amide bonds. The summed E-state index contributed by atoms with van der Waals surface area (Å²) in [6.45, 7) is 3.08. The Morgan fingerprint density at radius 3 is 2.34 bits per heavy atom. The van der Waals surface area contributed by atoms with E-state index in [1.807, 2.05) is 0 Å². The molecule has 4 rings (SSSR count). The summed E-state index contributed by atoms with van der Waals surface area (Å²) in [5, 5.41) is 13.5. The molecule has 0 radical (unpaired) electrons. The number of thiazole rings is 1. The Balaban J connectivity index is 1.55. The van der Waals surface area contributed by atoms with E-state index in [9.17, 15) is 18.3 Å². The summed E-state index contributed by atoms with van der Waals surface area (Å²) in [7, 11) is -4.18. The van der Waals surface area contributed by atoms with Gasteiger partial charge in [-0.2, -0.15) is 8.42 Å². The van der Waals surface area contributed by atoms with Crippen molar-refractivity contribution in [2.75, 3.05) is 0 Å². The fourth-order valence-electron chi connectivity index (χ4n) is 4.13. The van der Waals surface area contributed by atoms with Gasteiger partial charge in [0.15, 0.2) is 0 Å². The smallest absolute Gasteiger partial charge is 0.327 e. The van der Waals surface area contributed by atoms with Crippen LogP contribution in [-0.4, -0.2) is 24.4 Å². The van der Waals surface area contributed by atoms with Crippen LogP contribution in [0.5, 0.6) is 0 Å². The lowest BCUT2D eigenvalue weighted by Crippen LogP contribution is -2.12. The average molecular weight is 434 g/mol. The van der Waals surface area contributed by atoms with Crippen molar-refractivity contribution in [1.82, 2.24) is 4.98 Å². The Bertz CT molecular complexity index is 1080. The molecule has 0 spiro atoms. The fraction of sp³-hybridized carbons (Fsp3) is 0.500. The standard InChI is InChI=1S/C20H23N3O4S2/c1-20(2,25)17-11-21-19(28-17)29(26,27)23-22-18(24)10-16-14-7-3-5-12(14)9-13-6-4-8-15(13)16/h9,11,25H,3-8,10H2,1-2H3. The quantitative estimate of drug-likeness (QED) is 0.728. The zero-order chi connectivity index (χ0) is 20.8. The van der Waals surface area contributed by atoms with Crippen LogP contribution < -0.4 is 0 Å². The third-order valence-corrected chi connectivity index (χ3v) is 8.32. The molecule has 0 fully saturated rings. The molecular formula is C20H23N3O4S2. The van der Waals surface area contributed by atoms with Gasteiger partial charge in [0.05, 0.1) is 16.9 Å². The molecular weight excluding hydrogens is 410 g/mol. The van der Waals surface area contributed by atoms with Crippen molar-refractivity contribution in [3.63, 3.8) is 0 Å². The maximum atomic E-state index is 12.5. The number of aromatic nitrogens is 1. The largest absolute Gasteiger partial charge is 0.385 e. The van der Waals surface area contributed by atoms with Crippen molar-refractivity contribution in [3.05, 3.63) is 45.0 Å². The van der Waals surface area contributed by atoms with Crippen LogP contribution >= 0.6 is 11.3 Å². The first-order chi connectivity index (χ1) is 13.6. The molecule has 0 saturated carbocycles. The summed E-state index contributed by atoms with van der Waals surface area (Å²) < 4.78 is 27.7.